The second-order valence-electron chi connectivity index (χ2n) is 23.7. The lowest BCUT2D eigenvalue weighted by Crippen LogP contribution is -2.77. The molecule has 3 spiro atoms. The summed E-state index contributed by atoms with van der Waals surface area (Å²) in [4.78, 5) is 37.0. The summed E-state index contributed by atoms with van der Waals surface area (Å²) in [5, 5.41) is 13.7. The van der Waals surface area contributed by atoms with Gasteiger partial charge in [0.2, 0.25) is 0 Å². The molecule has 0 amide bonds. The van der Waals surface area contributed by atoms with Crippen molar-refractivity contribution in [1.82, 2.24) is 9.80 Å². The van der Waals surface area contributed by atoms with Gasteiger partial charge in [-0.3, -0.25) is 9.69 Å². The number of allylic oxidation sites excluding steroid dienone is 4. The van der Waals surface area contributed by atoms with Crippen LogP contribution in [-0.2, 0) is 26.3 Å². The molecule has 0 aromatic heterocycles. The Morgan fingerprint density at radius 1 is 0.937 bits per heavy atom. The summed E-state index contributed by atoms with van der Waals surface area (Å²) in [5.74, 6) is 3.35. The van der Waals surface area contributed by atoms with Crippen molar-refractivity contribution in [2.24, 2.45) is 69.8 Å². The van der Waals surface area contributed by atoms with Crippen LogP contribution in [0.5, 0.6) is 0 Å². The van der Waals surface area contributed by atoms with E-state index in [0.717, 1.165) is 75.6 Å². The lowest BCUT2D eigenvalue weighted by atomic mass is 9.28. The number of hydrogen-bond acceptors (Lipinski definition) is 8. The number of rotatable bonds is 5. The summed E-state index contributed by atoms with van der Waals surface area (Å²) in [6.07, 6.45) is 22.9. The smallest absolute Gasteiger partial charge is 0.339 e. The molecule has 7 heterocycles. The van der Waals surface area contributed by atoms with Crippen molar-refractivity contribution in [2.45, 2.75) is 160 Å². The molecule has 63 heavy (non-hydrogen) atoms. The quantitative estimate of drug-likeness (QED) is 0.283. The first-order chi connectivity index (χ1) is 30.7. The summed E-state index contributed by atoms with van der Waals surface area (Å²) in [6, 6.07) is 7.62. The predicted octanol–water partition coefficient (Wildman–Crippen LogP) is 9.80. The van der Waals surface area contributed by atoms with Crippen LogP contribution in [0.25, 0.3) is 0 Å². The fourth-order valence-corrected chi connectivity index (χ4v) is 19.2. The molecule has 8 nitrogen and oxygen atoms in total. The highest BCUT2D eigenvalue weighted by molar-refractivity contribution is 6.01. The number of ether oxygens (including phenoxy) is 2. The third-order valence-corrected chi connectivity index (χ3v) is 21.3. The van der Waals surface area contributed by atoms with Crippen LogP contribution < -0.4 is 5.73 Å². The third kappa shape index (κ3) is 4.58. The van der Waals surface area contributed by atoms with Gasteiger partial charge in [0.1, 0.15) is 11.2 Å². The van der Waals surface area contributed by atoms with Crippen molar-refractivity contribution in [3.8, 4) is 0 Å². The maximum atomic E-state index is 16.1. The Bertz CT molecular complexity index is 2350. The maximum Gasteiger partial charge on any atom is 0.339 e. The lowest BCUT2D eigenvalue weighted by molar-refractivity contribution is -0.279. The highest BCUT2D eigenvalue weighted by Gasteiger charge is 2.94. The molecule has 6 aliphatic carbocycles. The van der Waals surface area contributed by atoms with Gasteiger partial charge in [0.25, 0.3) is 0 Å². The summed E-state index contributed by atoms with van der Waals surface area (Å²) < 4.78 is 14.4. The fourth-order valence-electron chi connectivity index (χ4n) is 19.2. The summed E-state index contributed by atoms with van der Waals surface area (Å²) in [5.41, 5.74) is 13.0. The molecule has 0 radical (unpaired) electrons. The normalized spacial score (nSPS) is 45.3. The van der Waals surface area contributed by atoms with Crippen molar-refractivity contribution in [2.75, 3.05) is 19.6 Å². The molecule has 13 aliphatic rings. The number of carbonyl (C=O) groups excluding carboxylic acids is 2. The Kier molecular flexibility index (Phi) is 8.26. The molecular weight excluding hydrogens is 783 g/mol. The average Bonchev–Trinajstić information content (AvgIpc) is 3.75. The maximum absolute atomic E-state index is 16.1. The van der Waals surface area contributed by atoms with E-state index in [1.165, 1.54) is 74.5 Å². The van der Waals surface area contributed by atoms with E-state index in [4.69, 9.17) is 15.2 Å². The molecule has 3 saturated carbocycles. The van der Waals surface area contributed by atoms with Crippen LogP contribution in [0.4, 0.5) is 0 Å². The highest BCUT2D eigenvalue weighted by atomic mass is 16.6. The van der Waals surface area contributed by atoms with E-state index < -0.39 is 16.4 Å². The van der Waals surface area contributed by atoms with Gasteiger partial charge in [-0.05, 0) is 149 Å². The van der Waals surface area contributed by atoms with Gasteiger partial charge in [-0.1, -0.05) is 81.4 Å². The number of carbonyl (C=O) groups is 2. The first-order valence-corrected chi connectivity index (χ1v) is 26.1. The van der Waals surface area contributed by atoms with Crippen molar-refractivity contribution in [1.29, 1.82) is 0 Å². The average molecular weight is 852 g/mol. The molecule has 8 heteroatoms. The van der Waals surface area contributed by atoms with Crippen LogP contribution in [0.1, 0.15) is 151 Å². The van der Waals surface area contributed by atoms with Crippen LogP contribution in [0.3, 0.4) is 0 Å². The molecule has 14 unspecified atom stereocenters. The van der Waals surface area contributed by atoms with E-state index in [1.807, 2.05) is 0 Å². The summed E-state index contributed by atoms with van der Waals surface area (Å²) in [7, 11) is 0. The van der Waals surface area contributed by atoms with E-state index in [9.17, 15) is 9.90 Å². The molecule has 1 aromatic carbocycles. The number of esters is 2. The number of hydrogen-bond donors (Lipinski definition) is 2. The van der Waals surface area contributed by atoms with Gasteiger partial charge in [-0.15, -0.1) is 0 Å². The molecule has 7 bridgehead atoms. The van der Waals surface area contributed by atoms with E-state index in [-0.39, 0.29) is 35.7 Å². The number of aliphatic hydroxyl groups excluding tert-OH is 1. The van der Waals surface area contributed by atoms with Crippen LogP contribution in [0.15, 0.2) is 63.8 Å². The Morgan fingerprint density at radius 3 is 2.65 bits per heavy atom. The number of nitrogens with zero attached hydrogens (tertiary/aromatic N) is 2. The van der Waals surface area contributed by atoms with E-state index in [1.54, 1.807) is 11.3 Å². The lowest BCUT2D eigenvalue weighted by Gasteiger charge is -2.72. The topological polar surface area (TPSA) is 105 Å². The molecule has 14 rings (SSSR count). The van der Waals surface area contributed by atoms with E-state index in [0.29, 0.717) is 84.1 Å². The second kappa shape index (κ2) is 13.4. The van der Waals surface area contributed by atoms with Gasteiger partial charge in [0.05, 0.1) is 11.0 Å². The first kappa shape index (κ1) is 38.9. The fraction of sp³-hybridized carbons (Fsp3) is 0.709. The number of fused-ring (bicyclic) bond motifs is 8. The predicted molar refractivity (Wildman–Crippen MR) is 240 cm³/mol. The van der Waals surface area contributed by atoms with Crippen molar-refractivity contribution < 1.29 is 24.2 Å². The van der Waals surface area contributed by atoms with Crippen LogP contribution in [0, 0.1) is 64.1 Å². The van der Waals surface area contributed by atoms with E-state index in [2.05, 4.69) is 47.9 Å². The zero-order valence-corrected chi connectivity index (χ0v) is 37.8. The molecule has 7 aliphatic heterocycles. The number of aliphatic hydroxyl groups is 1. The zero-order chi connectivity index (χ0) is 42.3. The van der Waals surface area contributed by atoms with E-state index >= 15 is 4.79 Å². The summed E-state index contributed by atoms with van der Waals surface area (Å²) >= 11 is 0. The Labute approximate surface area is 374 Å². The highest BCUT2D eigenvalue weighted by Crippen LogP contribution is 2.88. The van der Waals surface area contributed by atoms with Gasteiger partial charge in [-0.25, -0.2) is 4.79 Å². The second-order valence-corrected chi connectivity index (χ2v) is 23.7. The standard InChI is InChI=1S/C55H69N3O5/c1-29-13-14-33-26-39-30(2)23-34-15-17-42-35-25-36-28-58(42)48(34)46(39)38-19-20-53-50(49(59)37-16-18-41(36)57(27-35)43(37)24-31-8-4-3-5-9-31)62-52(61)54(53,47(33)38)44(22-29)55(53)40-12-6-10-32(11-7-21-56)45(40)51(60)63-55/h6,10,12,26,29-31,35-37,39,41-44,46,59H,3-5,7-9,11,13-25,27-28,56H2,1-2H3. The number of piperidine rings is 3. The summed E-state index contributed by atoms with van der Waals surface area (Å²) in [6.45, 7) is 7.69. The third-order valence-electron chi connectivity index (χ3n) is 21.3. The molecule has 7 fully saturated rings. The molecule has 334 valence electrons. The SMILES string of the molecule is CC1CCC2=CC3C(C)CC4=C5C3C3=C2C26C(=O)OC(=C(O)C7CCC8C9CC(CN8C7CC7CCCCC7)C(CC4)N5C9)C2(CC3)C2(OC(=O)c3c(CCCN)cccc32)C6C1. The minimum absolute atomic E-state index is 0.128. The monoisotopic (exact) mass is 852 g/mol. The van der Waals surface area contributed by atoms with Crippen molar-refractivity contribution in [3.05, 3.63) is 80.5 Å². The molecule has 14 atom stereocenters. The van der Waals surface area contributed by atoms with Crippen molar-refractivity contribution >= 4 is 11.9 Å². The van der Waals surface area contributed by atoms with Crippen LogP contribution in [0.2, 0.25) is 0 Å². The molecule has 1 aromatic rings. The molecule has 4 saturated heterocycles. The van der Waals surface area contributed by atoms with Crippen LogP contribution in [-0.4, -0.2) is 64.6 Å². The van der Waals surface area contributed by atoms with Gasteiger partial charge < -0.3 is 25.2 Å². The van der Waals surface area contributed by atoms with Gasteiger partial charge in [0.15, 0.2) is 11.4 Å². The van der Waals surface area contributed by atoms with Gasteiger partial charge >= 0.3 is 11.9 Å². The minimum atomic E-state index is -1.12. The number of aryl methyl sites for hydroxylation is 1. The Morgan fingerprint density at radius 2 is 1.79 bits per heavy atom. The number of benzene rings is 1. The number of nitrogens with two attached hydrogens (primary N) is 1. The van der Waals surface area contributed by atoms with Gasteiger partial charge in [0, 0.05) is 60.2 Å². The zero-order valence-electron chi connectivity index (χ0n) is 37.8. The molecule has 3 N–H and O–H groups in total. The minimum Gasteiger partial charge on any atom is -0.508 e. The largest absolute Gasteiger partial charge is 0.508 e. The Balaban J connectivity index is 1.07. The molecular formula is C55H69N3O5. The van der Waals surface area contributed by atoms with Gasteiger partial charge in [-0.2, -0.15) is 0 Å². The van der Waals surface area contributed by atoms with Crippen LogP contribution >= 0.6 is 0 Å². The Hall–Kier alpha value is -3.36. The van der Waals surface area contributed by atoms with Crippen molar-refractivity contribution in [3.63, 3.8) is 0 Å². The first-order valence-electron chi connectivity index (χ1n) is 26.1.